The van der Waals surface area contributed by atoms with Crippen LogP contribution in [0.15, 0.2) is 0 Å². The minimum absolute atomic E-state index is 0.000833. The molecule has 2 unspecified atom stereocenters. The van der Waals surface area contributed by atoms with Crippen molar-refractivity contribution < 1.29 is 14.3 Å². The number of nitrogens with zero attached hydrogens (tertiary/aromatic N) is 2. The lowest BCUT2D eigenvalue weighted by Gasteiger charge is -2.43. The Labute approximate surface area is 107 Å². The number of imide groups is 1. The van der Waals surface area contributed by atoms with Gasteiger partial charge < -0.3 is 9.64 Å². The van der Waals surface area contributed by atoms with E-state index < -0.39 is 0 Å². The van der Waals surface area contributed by atoms with Crippen molar-refractivity contribution in [1.29, 1.82) is 0 Å². The predicted molar refractivity (Wildman–Crippen MR) is 65.0 cm³/mol. The fraction of sp³-hybridized carbons (Fsp3) is 0.846. The summed E-state index contributed by atoms with van der Waals surface area (Å²) in [7, 11) is 0. The molecule has 0 aromatic rings. The van der Waals surface area contributed by atoms with E-state index in [1.807, 2.05) is 11.8 Å². The Morgan fingerprint density at radius 2 is 1.94 bits per heavy atom. The monoisotopic (exact) mass is 252 g/mol. The van der Waals surface area contributed by atoms with Gasteiger partial charge >= 0.3 is 6.03 Å². The summed E-state index contributed by atoms with van der Waals surface area (Å²) in [5.41, 5.74) is 0. The Morgan fingerprint density at radius 3 is 2.61 bits per heavy atom. The van der Waals surface area contributed by atoms with Gasteiger partial charge in [-0.15, -0.1) is 0 Å². The summed E-state index contributed by atoms with van der Waals surface area (Å²) in [5.74, 6) is -0.137. The number of carbonyl (C=O) groups is 2. The molecule has 1 saturated carbocycles. The van der Waals surface area contributed by atoms with E-state index in [0.29, 0.717) is 19.8 Å². The summed E-state index contributed by atoms with van der Waals surface area (Å²) in [4.78, 5) is 28.3. The summed E-state index contributed by atoms with van der Waals surface area (Å²) in [6.07, 6.45) is 4.18. The molecule has 0 bridgehead atoms. The molecular formula is C13H20N2O3. The number of likely N-dealkylation sites (N-methyl/N-ethyl adjacent to an activating group) is 1. The van der Waals surface area contributed by atoms with E-state index in [4.69, 9.17) is 4.74 Å². The molecule has 100 valence electrons. The van der Waals surface area contributed by atoms with Crippen LogP contribution in [0.25, 0.3) is 0 Å². The third-order valence-electron chi connectivity index (χ3n) is 4.49. The third-order valence-corrected chi connectivity index (χ3v) is 4.49. The number of hydrogen-bond donors (Lipinski definition) is 0. The van der Waals surface area contributed by atoms with E-state index >= 15 is 0 Å². The molecule has 0 spiro atoms. The molecule has 3 aliphatic rings. The van der Waals surface area contributed by atoms with Crippen LogP contribution in [0.5, 0.6) is 0 Å². The first-order valence-corrected chi connectivity index (χ1v) is 6.95. The Morgan fingerprint density at radius 1 is 1.22 bits per heavy atom. The average Bonchev–Trinajstić information content (AvgIpc) is 2.99. The van der Waals surface area contributed by atoms with Gasteiger partial charge in [-0.3, -0.25) is 9.69 Å². The van der Waals surface area contributed by atoms with Crippen molar-refractivity contribution in [2.75, 3.05) is 19.8 Å². The van der Waals surface area contributed by atoms with Crippen molar-refractivity contribution in [1.82, 2.24) is 9.80 Å². The Hall–Kier alpha value is -1.10. The summed E-state index contributed by atoms with van der Waals surface area (Å²) in [5, 5.41) is 0. The van der Waals surface area contributed by atoms with Crippen LogP contribution in [0.4, 0.5) is 4.79 Å². The molecule has 0 radical (unpaired) electrons. The summed E-state index contributed by atoms with van der Waals surface area (Å²) >= 11 is 0. The van der Waals surface area contributed by atoms with Crippen LogP contribution in [0, 0.1) is 5.92 Å². The topological polar surface area (TPSA) is 49.9 Å². The zero-order valence-corrected chi connectivity index (χ0v) is 10.8. The molecule has 5 nitrogen and oxygen atoms in total. The largest absolute Gasteiger partial charge is 0.378 e. The number of urea groups is 1. The number of ether oxygens (including phenoxy) is 1. The van der Waals surface area contributed by atoms with E-state index in [-0.39, 0.29) is 29.9 Å². The first-order valence-electron chi connectivity index (χ1n) is 6.95. The number of rotatable bonds is 2. The second kappa shape index (κ2) is 4.53. The minimum atomic E-state index is -0.136. The van der Waals surface area contributed by atoms with Gasteiger partial charge in [0, 0.05) is 12.6 Å². The normalized spacial score (nSPS) is 33.4. The number of hydrogen-bond acceptors (Lipinski definition) is 3. The Bertz CT molecular complexity index is 365. The standard InChI is InChI=1S/C13H20N2O3/c1-2-14-11-8-18-7-10(11)12(16)15(13(14)17)9-5-3-4-6-9/h9-11H,2-8H2,1H3. The van der Waals surface area contributed by atoms with Crippen molar-refractivity contribution in [2.45, 2.75) is 44.7 Å². The van der Waals surface area contributed by atoms with Crippen LogP contribution >= 0.6 is 0 Å². The van der Waals surface area contributed by atoms with Gasteiger partial charge in [-0.1, -0.05) is 12.8 Å². The average molecular weight is 252 g/mol. The van der Waals surface area contributed by atoms with Crippen molar-refractivity contribution in [3.05, 3.63) is 0 Å². The molecule has 18 heavy (non-hydrogen) atoms. The first-order chi connectivity index (χ1) is 8.74. The molecule has 1 aliphatic carbocycles. The highest BCUT2D eigenvalue weighted by Gasteiger charge is 2.50. The smallest absolute Gasteiger partial charge is 0.327 e. The van der Waals surface area contributed by atoms with Gasteiger partial charge in [-0.05, 0) is 19.8 Å². The number of amides is 3. The highest BCUT2D eigenvalue weighted by atomic mass is 16.5. The maximum Gasteiger partial charge on any atom is 0.327 e. The second-order valence-corrected chi connectivity index (χ2v) is 5.43. The molecule has 2 saturated heterocycles. The molecule has 5 heteroatoms. The van der Waals surface area contributed by atoms with E-state index in [1.165, 1.54) is 4.90 Å². The molecule has 3 fully saturated rings. The van der Waals surface area contributed by atoms with Crippen LogP contribution in [0.3, 0.4) is 0 Å². The van der Waals surface area contributed by atoms with Crippen LogP contribution in [0.2, 0.25) is 0 Å². The molecule has 2 heterocycles. The molecule has 3 rings (SSSR count). The summed E-state index contributed by atoms with van der Waals surface area (Å²) < 4.78 is 5.41. The van der Waals surface area contributed by atoms with E-state index in [0.717, 1.165) is 25.7 Å². The maximum absolute atomic E-state index is 12.5. The lowest BCUT2D eigenvalue weighted by Crippen LogP contribution is -2.63. The summed E-state index contributed by atoms with van der Waals surface area (Å²) in [6, 6.07) is -0.00518. The summed E-state index contributed by atoms with van der Waals surface area (Å²) in [6.45, 7) is 3.60. The van der Waals surface area contributed by atoms with Gasteiger partial charge in [0.2, 0.25) is 5.91 Å². The maximum atomic E-state index is 12.5. The fourth-order valence-corrected chi connectivity index (χ4v) is 3.51. The lowest BCUT2D eigenvalue weighted by molar-refractivity contribution is -0.139. The van der Waals surface area contributed by atoms with Crippen LogP contribution < -0.4 is 0 Å². The molecule has 2 aliphatic heterocycles. The van der Waals surface area contributed by atoms with Crippen LogP contribution in [-0.4, -0.2) is 53.6 Å². The molecule has 2 atom stereocenters. The van der Waals surface area contributed by atoms with Gasteiger partial charge in [0.15, 0.2) is 0 Å². The minimum Gasteiger partial charge on any atom is -0.378 e. The van der Waals surface area contributed by atoms with Gasteiger partial charge in [0.05, 0.1) is 25.2 Å². The predicted octanol–water partition coefficient (Wildman–Crippen LogP) is 1.23. The van der Waals surface area contributed by atoms with Gasteiger partial charge in [0.1, 0.15) is 0 Å². The lowest BCUT2D eigenvalue weighted by atomic mass is 9.96. The molecule has 0 aromatic heterocycles. The fourth-order valence-electron chi connectivity index (χ4n) is 3.51. The van der Waals surface area contributed by atoms with Crippen molar-refractivity contribution >= 4 is 11.9 Å². The van der Waals surface area contributed by atoms with Crippen molar-refractivity contribution in [3.63, 3.8) is 0 Å². The van der Waals surface area contributed by atoms with E-state index in [2.05, 4.69) is 0 Å². The molecule has 3 amide bonds. The van der Waals surface area contributed by atoms with Gasteiger partial charge in [-0.25, -0.2) is 4.79 Å². The first kappa shape index (κ1) is 12.0. The van der Waals surface area contributed by atoms with Crippen molar-refractivity contribution in [2.24, 2.45) is 5.92 Å². The molecule has 0 aromatic carbocycles. The number of fused-ring (bicyclic) bond motifs is 1. The SMILES string of the molecule is CCN1C(=O)N(C2CCCC2)C(=O)C2COCC21. The van der Waals surface area contributed by atoms with Crippen LogP contribution in [-0.2, 0) is 9.53 Å². The molecule has 0 N–H and O–H groups in total. The number of carbonyl (C=O) groups excluding carboxylic acids is 2. The van der Waals surface area contributed by atoms with E-state index in [1.54, 1.807) is 0 Å². The quantitative estimate of drug-likeness (QED) is 0.742. The zero-order valence-electron chi connectivity index (χ0n) is 10.8. The van der Waals surface area contributed by atoms with Gasteiger partial charge in [0.25, 0.3) is 0 Å². The van der Waals surface area contributed by atoms with E-state index in [9.17, 15) is 9.59 Å². The highest BCUT2D eigenvalue weighted by molar-refractivity contribution is 5.99. The Kier molecular flexibility index (Phi) is 3.01. The second-order valence-electron chi connectivity index (χ2n) is 5.43. The van der Waals surface area contributed by atoms with Gasteiger partial charge in [-0.2, -0.15) is 0 Å². The zero-order chi connectivity index (χ0) is 12.7. The third kappa shape index (κ3) is 1.64. The van der Waals surface area contributed by atoms with Crippen molar-refractivity contribution in [3.8, 4) is 0 Å². The highest BCUT2D eigenvalue weighted by Crippen LogP contribution is 2.33. The Balaban J connectivity index is 1.88. The molecular weight excluding hydrogens is 232 g/mol. The van der Waals surface area contributed by atoms with Crippen LogP contribution in [0.1, 0.15) is 32.6 Å².